The molecule has 0 radical (unpaired) electrons. The fraction of sp³-hybridized carbons (Fsp3) is 0.615. The second-order valence-electron chi connectivity index (χ2n) is 5.40. The van der Waals surface area contributed by atoms with Crippen LogP contribution in [0.25, 0.3) is 0 Å². The van der Waals surface area contributed by atoms with E-state index < -0.39 is 16.3 Å². The molecule has 1 aromatic rings. The molecule has 2 N–H and O–H groups in total. The van der Waals surface area contributed by atoms with Crippen LogP contribution in [0.15, 0.2) is 18.3 Å². The first-order valence-electron chi connectivity index (χ1n) is 6.71. The molecule has 0 aromatic carbocycles. The molecule has 1 fully saturated rings. The second-order valence-corrected chi connectivity index (χ2v) is 7.32. The minimum atomic E-state index is -3.56. The molecule has 0 amide bonds. The largest absolute Gasteiger partial charge is 0.481 e. The smallest absolute Gasteiger partial charge is 0.279 e. The molecule has 0 saturated heterocycles. The van der Waals surface area contributed by atoms with Crippen LogP contribution < -0.4 is 9.46 Å². The number of pyridine rings is 1. The lowest BCUT2D eigenvalue weighted by molar-refractivity contribution is 0.0277. The Bertz CT molecular complexity index is 568. The first-order valence-corrected chi connectivity index (χ1v) is 8.15. The van der Waals surface area contributed by atoms with Gasteiger partial charge in [0.05, 0.1) is 19.3 Å². The average Bonchev–Trinajstić information content (AvgIpc) is 2.42. The van der Waals surface area contributed by atoms with Gasteiger partial charge in [-0.05, 0) is 24.3 Å². The summed E-state index contributed by atoms with van der Waals surface area (Å²) in [6, 6.07) is 3.08. The summed E-state index contributed by atoms with van der Waals surface area (Å²) in [5, 5.41) is 9.48. The molecule has 2 rings (SSSR count). The topological polar surface area (TPSA) is 91.8 Å². The summed E-state index contributed by atoms with van der Waals surface area (Å²) in [7, 11) is 0.914. The van der Waals surface area contributed by atoms with Gasteiger partial charge in [0.15, 0.2) is 0 Å². The van der Waals surface area contributed by atoms with Crippen molar-refractivity contribution in [3.63, 3.8) is 0 Å². The van der Waals surface area contributed by atoms with Gasteiger partial charge in [-0.25, -0.2) is 4.98 Å². The maximum Gasteiger partial charge on any atom is 0.279 e. The Hall–Kier alpha value is -1.22. The monoisotopic (exact) mass is 315 g/mol. The molecular weight excluding hydrogens is 294 g/mol. The van der Waals surface area contributed by atoms with Gasteiger partial charge in [-0.15, -0.1) is 0 Å². The highest BCUT2D eigenvalue weighted by Crippen LogP contribution is 2.38. The van der Waals surface area contributed by atoms with E-state index in [9.17, 15) is 13.5 Å². The molecule has 1 saturated carbocycles. The lowest BCUT2D eigenvalue weighted by atomic mass is 9.76. The van der Waals surface area contributed by atoms with Gasteiger partial charge in [0, 0.05) is 26.4 Å². The Balaban J connectivity index is 2.23. The van der Waals surface area contributed by atoms with Crippen molar-refractivity contribution in [2.45, 2.75) is 25.0 Å². The van der Waals surface area contributed by atoms with Crippen molar-refractivity contribution in [3.8, 4) is 5.88 Å². The Morgan fingerprint density at radius 2 is 2.10 bits per heavy atom. The molecule has 21 heavy (non-hydrogen) atoms. The number of hydrogen-bond donors (Lipinski definition) is 2. The summed E-state index contributed by atoms with van der Waals surface area (Å²) < 4.78 is 33.0. The van der Waals surface area contributed by atoms with Gasteiger partial charge in [0.1, 0.15) is 0 Å². The van der Waals surface area contributed by atoms with E-state index in [1.165, 1.54) is 21.2 Å². The highest BCUT2D eigenvalue weighted by molar-refractivity contribution is 7.87. The van der Waals surface area contributed by atoms with Crippen LogP contribution >= 0.6 is 0 Å². The molecule has 0 spiro atoms. The van der Waals surface area contributed by atoms with Crippen molar-refractivity contribution in [2.75, 3.05) is 21.2 Å². The Morgan fingerprint density at radius 1 is 1.43 bits per heavy atom. The molecule has 0 aliphatic heterocycles. The lowest BCUT2D eigenvalue weighted by Gasteiger charge is -2.38. The first kappa shape index (κ1) is 16.2. The first-order chi connectivity index (χ1) is 9.83. The van der Waals surface area contributed by atoms with Crippen molar-refractivity contribution in [2.24, 2.45) is 5.92 Å². The summed E-state index contributed by atoms with van der Waals surface area (Å²) in [4.78, 5) is 4.12. The van der Waals surface area contributed by atoms with Gasteiger partial charge in [-0.2, -0.15) is 17.4 Å². The van der Waals surface area contributed by atoms with Gasteiger partial charge in [-0.1, -0.05) is 6.07 Å². The molecule has 1 aliphatic carbocycles. The molecule has 1 aromatic heterocycles. The normalized spacial score (nSPS) is 23.7. The zero-order valence-electron chi connectivity index (χ0n) is 12.4. The van der Waals surface area contributed by atoms with E-state index >= 15 is 0 Å². The number of aromatic nitrogens is 1. The summed E-state index contributed by atoms with van der Waals surface area (Å²) in [6.07, 6.45) is 2.40. The number of rotatable bonds is 6. The van der Waals surface area contributed by atoms with Gasteiger partial charge in [0.2, 0.25) is 5.88 Å². The number of nitrogens with zero attached hydrogens (tertiary/aromatic N) is 2. The molecule has 1 heterocycles. The van der Waals surface area contributed by atoms with Crippen molar-refractivity contribution >= 4 is 10.2 Å². The molecule has 118 valence electrons. The Morgan fingerprint density at radius 3 is 2.52 bits per heavy atom. The van der Waals surface area contributed by atoms with Gasteiger partial charge in [0.25, 0.3) is 10.2 Å². The molecule has 1 aliphatic rings. The maximum atomic E-state index is 12.1. The van der Waals surface area contributed by atoms with E-state index in [0.29, 0.717) is 18.7 Å². The third-order valence-corrected chi connectivity index (χ3v) is 5.22. The van der Waals surface area contributed by atoms with Crippen molar-refractivity contribution < 1.29 is 18.3 Å². The molecular formula is C13H21N3O4S. The van der Waals surface area contributed by atoms with Crippen molar-refractivity contribution in [1.29, 1.82) is 0 Å². The van der Waals surface area contributed by atoms with E-state index in [0.717, 1.165) is 9.87 Å². The third kappa shape index (κ3) is 3.70. The van der Waals surface area contributed by atoms with Crippen LogP contribution in [0.2, 0.25) is 0 Å². The maximum absolute atomic E-state index is 12.1. The van der Waals surface area contributed by atoms with Crippen LogP contribution in [0, 0.1) is 5.92 Å². The van der Waals surface area contributed by atoms with Gasteiger partial charge in [-0.3, -0.25) is 0 Å². The molecule has 0 unspecified atom stereocenters. The molecule has 8 heteroatoms. The fourth-order valence-electron chi connectivity index (χ4n) is 2.30. The highest BCUT2D eigenvalue weighted by atomic mass is 32.2. The number of methoxy groups -OCH3 is 1. The predicted molar refractivity (Wildman–Crippen MR) is 78.0 cm³/mol. The third-order valence-electron chi connectivity index (χ3n) is 3.71. The molecule has 0 bridgehead atoms. The zero-order valence-corrected chi connectivity index (χ0v) is 13.2. The minimum absolute atomic E-state index is 0.0601. The quantitative estimate of drug-likeness (QED) is 0.788. The SMILES string of the molecule is COc1ccc([C@H](NS(=O)(=O)N(C)C)C2CC(O)C2)cn1. The average molecular weight is 315 g/mol. The van der Waals surface area contributed by atoms with Crippen LogP contribution in [0.1, 0.15) is 24.4 Å². The predicted octanol–water partition coefficient (Wildman–Crippen LogP) is 0.298. The van der Waals surface area contributed by atoms with Crippen molar-refractivity contribution in [3.05, 3.63) is 23.9 Å². The van der Waals surface area contributed by atoms with Crippen molar-refractivity contribution in [1.82, 2.24) is 14.0 Å². The summed E-state index contributed by atoms with van der Waals surface area (Å²) in [5.41, 5.74) is 0.762. The summed E-state index contributed by atoms with van der Waals surface area (Å²) >= 11 is 0. The second kappa shape index (κ2) is 6.27. The number of nitrogens with one attached hydrogen (secondary N) is 1. The van der Waals surface area contributed by atoms with Gasteiger partial charge < -0.3 is 9.84 Å². The fourth-order valence-corrected chi connectivity index (χ4v) is 3.16. The molecule has 7 nitrogen and oxygen atoms in total. The van der Waals surface area contributed by atoms with Crippen LogP contribution in [-0.4, -0.2) is 50.1 Å². The summed E-state index contributed by atoms with van der Waals surface area (Å²) in [6.45, 7) is 0. The van der Waals surface area contributed by atoms with E-state index in [4.69, 9.17) is 4.74 Å². The van der Waals surface area contributed by atoms with E-state index in [1.807, 2.05) is 0 Å². The Labute approximate surface area is 125 Å². The van der Waals surface area contributed by atoms with Crippen LogP contribution in [0.5, 0.6) is 5.88 Å². The van der Waals surface area contributed by atoms with E-state index in [2.05, 4.69) is 9.71 Å². The van der Waals surface area contributed by atoms with Crippen LogP contribution in [-0.2, 0) is 10.2 Å². The van der Waals surface area contributed by atoms with E-state index in [-0.39, 0.29) is 12.0 Å². The minimum Gasteiger partial charge on any atom is -0.481 e. The number of aliphatic hydroxyl groups excluding tert-OH is 1. The van der Waals surface area contributed by atoms with E-state index in [1.54, 1.807) is 18.3 Å². The number of hydrogen-bond acceptors (Lipinski definition) is 5. The number of aliphatic hydroxyl groups is 1. The van der Waals surface area contributed by atoms with Gasteiger partial charge >= 0.3 is 0 Å². The number of ether oxygens (including phenoxy) is 1. The zero-order chi connectivity index (χ0) is 15.6. The van der Waals surface area contributed by atoms with Crippen LogP contribution in [0.3, 0.4) is 0 Å². The highest BCUT2D eigenvalue weighted by Gasteiger charge is 2.37. The lowest BCUT2D eigenvalue weighted by Crippen LogP contribution is -2.45. The summed E-state index contributed by atoms with van der Waals surface area (Å²) in [5.74, 6) is 0.534. The van der Waals surface area contributed by atoms with Crippen LogP contribution in [0.4, 0.5) is 0 Å². The molecule has 1 atom stereocenters. The standard InChI is InChI=1S/C13H21N3O4S/c1-16(2)21(18,19)15-13(10-6-11(17)7-10)9-4-5-12(20-3)14-8-9/h4-5,8,10-11,13,15,17H,6-7H2,1-3H3/t10?,11?,13-/m0/s1. The Kier molecular flexibility index (Phi) is 4.82.